The smallest absolute Gasteiger partial charge is 0.166 e. The van der Waals surface area contributed by atoms with E-state index in [1.54, 1.807) is 6.07 Å². The molecule has 0 aromatic heterocycles. The average Bonchev–Trinajstić information content (AvgIpc) is 2.47. The number of ether oxygens (including phenoxy) is 2. The van der Waals surface area contributed by atoms with E-state index in [-0.39, 0.29) is 11.2 Å². The van der Waals surface area contributed by atoms with E-state index >= 15 is 0 Å². The Bertz CT molecular complexity index is 481. The third kappa shape index (κ3) is 3.40. The maximum Gasteiger partial charge on any atom is 0.166 e. The lowest BCUT2D eigenvalue weighted by molar-refractivity contribution is 0.00246. The Kier molecular flexibility index (Phi) is 4.67. The number of hydrogen-bond acceptors (Lipinski definition) is 4. The van der Waals surface area contributed by atoms with Crippen molar-refractivity contribution in [2.75, 3.05) is 25.6 Å². The van der Waals surface area contributed by atoms with Gasteiger partial charge in [-0.25, -0.2) is 4.39 Å². The number of hydrogen-bond donors (Lipinski definition) is 1. The number of nitriles is 1. The molecule has 1 aromatic rings. The minimum absolute atomic E-state index is 0.0539. The van der Waals surface area contributed by atoms with Gasteiger partial charge in [-0.3, -0.25) is 0 Å². The van der Waals surface area contributed by atoms with Gasteiger partial charge in [0.1, 0.15) is 0 Å². The van der Waals surface area contributed by atoms with Gasteiger partial charge in [-0.05, 0) is 36.8 Å². The highest BCUT2D eigenvalue weighted by Gasteiger charge is 2.32. The van der Waals surface area contributed by atoms with Crippen LogP contribution in [0.3, 0.4) is 0 Å². The summed E-state index contributed by atoms with van der Waals surface area (Å²) < 4.78 is 24.6. The largest absolute Gasteiger partial charge is 0.490 e. The third-order valence-electron chi connectivity index (χ3n) is 3.48. The highest BCUT2D eigenvalue weighted by atomic mass is 32.1. The van der Waals surface area contributed by atoms with Gasteiger partial charge in [0, 0.05) is 18.6 Å². The van der Waals surface area contributed by atoms with Gasteiger partial charge < -0.3 is 9.47 Å². The first-order chi connectivity index (χ1) is 9.19. The van der Waals surface area contributed by atoms with Crippen LogP contribution in [0.5, 0.6) is 5.75 Å². The number of nitrogens with zero attached hydrogens (tertiary/aromatic N) is 1. The zero-order chi connectivity index (χ0) is 13.7. The van der Waals surface area contributed by atoms with E-state index in [9.17, 15) is 4.39 Å². The first-order valence-corrected chi connectivity index (χ1v) is 6.83. The second-order valence-corrected chi connectivity index (χ2v) is 5.13. The Hall–Kier alpha value is -1.25. The summed E-state index contributed by atoms with van der Waals surface area (Å²) in [5, 5.41) is 8.68. The maximum absolute atomic E-state index is 13.7. The highest BCUT2D eigenvalue weighted by Crippen LogP contribution is 2.33. The van der Waals surface area contributed by atoms with Crippen molar-refractivity contribution in [2.24, 2.45) is 5.41 Å². The molecule has 0 radical (unpaired) electrons. The first-order valence-electron chi connectivity index (χ1n) is 6.20. The molecule has 19 heavy (non-hydrogen) atoms. The number of rotatable bonds is 4. The Morgan fingerprint density at radius 2 is 2.16 bits per heavy atom. The normalized spacial score (nSPS) is 17.7. The van der Waals surface area contributed by atoms with Gasteiger partial charge in [-0.15, -0.1) is 0 Å². The molecule has 1 saturated heterocycles. The highest BCUT2D eigenvalue weighted by molar-refractivity contribution is 7.80. The second-order valence-electron chi connectivity index (χ2n) is 4.82. The van der Waals surface area contributed by atoms with E-state index in [1.165, 1.54) is 12.1 Å². The van der Waals surface area contributed by atoms with E-state index in [0.717, 1.165) is 12.8 Å². The lowest BCUT2D eigenvalue weighted by Crippen LogP contribution is -2.37. The van der Waals surface area contributed by atoms with Crippen LogP contribution in [-0.2, 0) is 4.74 Å². The van der Waals surface area contributed by atoms with E-state index in [2.05, 4.69) is 12.6 Å². The summed E-state index contributed by atoms with van der Waals surface area (Å²) in [5.41, 5.74) is 0.238. The van der Waals surface area contributed by atoms with Crippen LogP contribution >= 0.6 is 12.6 Å². The van der Waals surface area contributed by atoms with Crippen molar-refractivity contribution in [3.63, 3.8) is 0 Å². The van der Waals surface area contributed by atoms with Crippen LogP contribution in [0.4, 0.5) is 4.39 Å². The van der Waals surface area contributed by atoms with Gasteiger partial charge in [0.25, 0.3) is 0 Å². The zero-order valence-corrected chi connectivity index (χ0v) is 11.5. The molecule has 0 atom stereocenters. The molecule has 0 saturated carbocycles. The van der Waals surface area contributed by atoms with Gasteiger partial charge in [0.2, 0.25) is 0 Å². The molecule has 1 aromatic carbocycles. The van der Waals surface area contributed by atoms with Crippen LogP contribution in [-0.4, -0.2) is 25.6 Å². The van der Waals surface area contributed by atoms with E-state index in [1.807, 2.05) is 6.07 Å². The molecular formula is C14H16FNO2S. The molecule has 1 heterocycles. The molecule has 0 bridgehead atoms. The Labute approximate surface area is 117 Å². The van der Waals surface area contributed by atoms with Crippen LogP contribution in [0.15, 0.2) is 18.2 Å². The van der Waals surface area contributed by atoms with E-state index < -0.39 is 5.82 Å². The van der Waals surface area contributed by atoms with Crippen LogP contribution in [0, 0.1) is 22.6 Å². The maximum atomic E-state index is 13.7. The third-order valence-corrected chi connectivity index (χ3v) is 4.15. The van der Waals surface area contributed by atoms with Crippen LogP contribution < -0.4 is 4.74 Å². The van der Waals surface area contributed by atoms with Gasteiger partial charge in [-0.1, -0.05) is 0 Å². The molecule has 1 aliphatic rings. The molecule has 1 aliphatic heterocycles. The minimum Gasteiger partial charge on any atom is -0.490 e. The summed E-state index contributed by atoms with van der Waals surface area (Å²) in [6.07, 6.45) is 1.74. The predicted octanol–water partition coefficient (Wildman–Crippen LogP) is 2.80. The zero-order valence-electron chi connectivity index (χ0n) is 10.6. The molecule has 2 rings (SSSR count). The summed E-state index contributed by atoms with van der Waals surface area (Å²) >= 11 is 4.38. The van der Waals surface area contributed by atoms with Crippen molar-refractivity contribution in [3.05, 3.63) is 29.6 Å². The van der Waals surface area contributed by atoms with E-state index in [4.69, 9.17) is 14.7 Å². The molecule has 5 heteroatoms. The molecule has 0 spiro atoms. The minimum atomic E-state index is -0.500. The summed E-state index contributed by atoms with van der Waals surface area (Å²) in [7, 11) is 0. The summed E-state index contributed by atoms with van der Waals surface area (Å²) in [5.74, 6) is 0.376. The average molecular weight is 281 g/mol. The number of halogens is 1. The van der Waals surface area contributed by atoms with Crippen LogP contribution in [0.25, 0.3) is 0 Å². The van der Waals surface area contributed by atoms with Gasteiger partial charge in [0.05, 0.1) is 18.2 Å². The SMILES string of the molecule is N#Cc1ccc(OCC2(CS)CCOCC2)c(F)c1. The topological polar surface area (TPSA) is 42.2 Å². The fraction of sp³-hybridized carbons (Fsp3) is 0.500. The van der Waals surface area contributed by atoms with Crippen molar-refractivity contribution in [1.29, 1.82) is 5.26 Å². The summed E-state index contributed by atoms with van der Waals surface area (Å²) in [4.78, 5) is 0. The van der Waals surface area contributed by atoms with Gasteiger partial charge in [0.15, 0.2) is 11.6 Å². The number of thiol groups is 1. The van der Waals surface area contributed by atoms with Crippen molar-refractivity contribution >= 4 is 12.6 Å². The van der Waals surface area contributed by atoms with Gasteiger partial charge in [-0.2, -0.15) is 17.9 Å². The first kappa shape index (κ1) is 14.2. The summed E-state index contributed by atoms with van der Waals surface area (Å²) in [6, 6.07) is 6.13. The monoisotopic (exact) mass is 281 g/mol. The Morgan fingerprint density at radius 3 is 2.74 bits per heavy atom. The Balaban J connectivity index is 2.03. The number of benzene rings is 1. The van der Waals surface area contributed by atoms with Crippen LogP contribution in [0.1, 0.15) is 18.4 Å². The van der Waals surface area contributed by atoms with Gasteiger partial charge >= 0.3 is 0 Å². The van der Waals surface area contributed by atoms with Crippen molar-refractivity contribution < 1.29 is 13.9 Å². The van der Waals surface area contributed by atoms with Crippen LogP contribution in [0.2, 0.25) is 0 Å². The fourth-order valence-corrected chi connectivity index (χ4v) is 2.48. The molecule has 0 N–H and O–H groups in total. The molecular weight excluding hydrogens is 265 g/mol. The molecule has 102 valence electrons. The lowest BCUT2D eigenvalue weighted by Gasteiger charge is -2.35. The Morgan fingerprint density at radius 1 is 1.42 bits per heavy atom. The molecule has 1 fully saturated rings. The standard InChI is InChI=1S/C14H16FNO2S/c15-12-7-11(8-16)1-2-13(12)18-9-14(10-19)3-5-17-6-4-14/h1-2,7,19H,3-6,9-10H2. The quantitative estimate of drug-likeness (QED) is 0.863. The molecule has 0 aliphatic carbocycles. The molecule has 0 unspecified atom stereocenters. The summed E-state index contributed by atoms with van der Waals surface area (Å²) in [6.45, 7) is 1.81. The predicted molar refractivity (Wildman–Crippen MR) is 72.9 cm³/mol. The van der Waals surface area contributed by atoms with Crippen molar-refractivity contribution in [3.8, 4) is 11.8 Å². The van der Waals surface area contributed by atoms with E-state index in [0.29, 0.717) is 31.1 Å². The lowest BCUT2D eigenvalue weighted by atomic mass is 9.83. The van der Waals surface area contributed by atoms with Crippen molar-refractivity contribution in [2.45, 2.75) is 12.8 Å². The molecule has 3 nitrogen and oxygen atoms in total. The fourth-order valence-electron chi connectivity index (χ4n) is 2.07. The second kappa shape index (κ2) is 6.27. The van der Waals surface area contributed by atoms with Crippen molar-refractivity contribution in [1.82, 2.24) is 0 Å². The molecule has 0 amide bonds.